The number of piperidine rings is 1. The molecule has 2 heterocycles. The lowest BCUT2D eigenvalue weighted by Gasteiger charge is -2.31. The molecule has 1 fully saturated rings. The summed E-state index contributed by atoms with van der Waals surface area (Å²) >= 11 is 1.93. The van der Waals surface area contributed by atoms with Gasteiger partial charge in [0.25, 0.3) is 0 Å². The molecule has 1 saturated heterocycles. The van der Waals surface area contributed by atoms with E-state index >= 15 is 0 Å². The second kappa shape index (κ2) is 5.80. The van der Waals surface area contributed by atoms with E-state index in [0.29, 0.717) is 0 Å². The van der Waals surface area contributed by atoms with Gasteiger partial charge in [-0.05, 0) is 63.9 Å². The maximum atomic E-state index is 5.61. The normalized spacial score (nSPS) is 19.1. The van der Waals surface area contributed by atoms with Gasteiger partial charge in [-0.1, -0.05) is 0 Å². The van der Waals surface area contributed by atoms with E-state index in [1.165, 1.54) is 42.1 Å². The number of hydrogen-bond donors (Lipinski definition) is 1. The summed E-state index contributed by atoms with van der Waals surface area (Å²) < 4.78 is 0. The van der Waals surface area contributed by atoms with Gasteiger partial charge in [0.15, 0.2) is 0 Å². The zero-order valence-electron chi connectivity index (χ0n) is 10.1. The molecule has 90 valence electrons. The van der Waals surface area contributed by atoms with Crippen LogP contribution in [0.5, 0.6) is 0 Å². The van der Waals surface area contributed by atoms with Crippen molar-refractivity contribution >= 4 is 11.3 Å². The number of nitrogens with two attached hydrogens (primary N) is 1. The standard InChI is InChI=1S/C13H22N2S/c1-11-2-3-13(16-11)10-15-8-5-12(4-7-14)6-9-15/h2-3,12H,4-10,14H2,1H3. The largest absolute Gasteiger partial charge is 0.330 e. The maximum absolute atomic E-state index is 5.61. The van der Waals surface area contributed by atoms with Crippen LogP contribution < -0.4 is 5.73 Å². The van der Waals surface area contributed by atoms with Gasteiger partial charge >= 0.3 is 0 Å². The Labute approximate surface area is 102 Å². The van der Waals surface area contributed by atoms with Crippen molar-refractivity contribution in [2.75, 3.05) is 19.6 Å². The van der Waals surface area contributed by atoms with E-state index in [1.807, 2.05) is 11.3 Å². The predicted molar refractivity (Wildman–Crippen MR) is 70.7 cm³/mol. The van der Waals surface area contributed by atoms with E-state index in [-0.39, 0.29) is 0 Å². The van der Waals surface area contributed by atoms with Crippen LogP contribution in [0.1, 0.15) is 29.0 Å². The summed E-state index contributed by atoms with van der Waals surface area (Å²) in [6.07, 6.45) is 3.88. The van der Waals surface area contributed by atoms with Crippen LogP contribution in [-0.4, -0.2) is 24.5 Å². The Bertz CT molecular complexity index is 313. The topological polar surface area (TPSA) is 29.3 Å². The van der Waals surface area contributed by atoms with Crippen LogP contribution >= 0.6 is 11.3 Å². The summed E-state index contributed by atoms with van der Waals surface area (Å²) in [7, 11) is 0. The maximum Gasteiger partial charge on any atom is 0.0328 e. The third-order valence-electron chi connectivity index (χ3n) is 3.46. The molecule has 0 spiro atoms. The number of nitrogens with zero attached hydrogens (tertiary/aromatic N) is 1. The Morgan fingerprint density at radius 1 is 1.38 bits per heavy atom. The second-order valence-electron chi connectivity index (χ2n) is 4.81. The SMILES string of the molecule is Cc1ccc(CN2CCC(CCN)CC2)s1. The fourth-order valence-electron chi connectivity index (χ4n) is 2.46. The zero-order valence-corrected chi connectivity index (χ0v) is 10.9. The highest BCUT2D eigenvalue weighted by molar-refractivity contribution is 7.11. The summed E-state index contributed by atoms with van der Waals surface area (Å²) in [5.74, 6) is 0.881. The molecular weight excluding hydrogens is 216 g/mol. The third kappa shape index (κ3) is 3.30. The van der Waals surface area contributed by atoms with E-state index in [9.17, 15) is 0 Å². The Balaban J connectivity index is 1.77. The van der Waals surface area contributed by atoms with Crippen molar-refractivity contribution in [3.8, 4) is 0 Å². The van der Waals surface area contributed by atoms with Crippen LogP contribution in [0.2, 0.25) is 0 Å². The molecule has 2 N–H and O–H groups in total. The smallest absolute Gasteiger partial charge is 0.0328 e. The molecule has 0 saturated carbocycles. The first-order chi connectivity index (χ1) is 7.78. The van der Waals surface area contributed by atoms with Crippen LogP contribution in [0, 0.1) is 12.8 Å². The second-order valence-corrected chi connectivity index (χ2v) is 6.18. The average Bonchev–Trinajstić information content (AvgIpc) is 2.67. The molecule has 1 aliphatic rings. The van der Waals surface area contributed by atoms with E-state index in [1.54, 1.807) is 0 Å². The van der Waals surface area contributed by atoms with Gasteiger partial charge in [0.1, 0.15) is 0 Å². The molecule has 0 radical (unpaired) electrons. The van der Waals surface area contributed by atoms with Gasteiger partial charge < -0.3 is 5.73 Å². The molecule has 3 heteroatoms. The minimum Gasteiger partial charge on any atom is -0.330 e. The van der Waals surface area contributed by atoms with E-state index in [4.69, 9.17) is 5.73 Å². The van der Waals surface area contributed by atoms with Gasteiger partial charge in [-0.2, -0.15) is 0 Å². The molecule has 1 aliphatic heterocycles. The lowest BCUT2D eigenvalue weighted by molar-refractivity contribution is 0.175. The third-order valence-corrected chi connectivity index (χ3v) is 4.44. The average molecular weight is 238 g/mol. The summed E-state index contributed by atoms with van der Waals surface area (Å²) in [6.45, 7) is 6.69. The van der Waals surface area contributed by atoms with E-state index in [0.717, 1.165) is 19.0 Å². The van der Waals surface area contributed by atoms with Gasteiger partial charge in [-0.3, -0.25) is 4.90 Å². The molecule has 1 aromatic rings. The van der Waals surface area contributed by atoms with Crippen LogP contribution in [0.15, 0.2) is 12.1 Å². The van der Waals surface area contributed by atoms with E-state index in [2.05, 4.69) is 24.0 Å². The quantitative estimate of drug-likeness (QED) is 0.873. The summed E-state index contributed by atoms with van der Waals surface area (Å²) in [5, 5.41) is 0. The molecule has 1 aromatic heterocycles. The fourth-order valence-corrected chi connectivity index (χ4v) is 3.39. The summed E-state index contributed by atoms with van der Waals surface area (Å²) in [4.78, 5) is 5.51. The Morgan fingerprint density at radius 3 is 2.69 bits per heavy atom. The molecule has 2 nitrogen and oxygen atoms in total. The highest BCUT2D eigenvalue weighted by Crippen LogP contribution is 2.23. The lowest BCUT2D eigenvalue weighted by atomic mass is 9.94. The Morgan fingerprint density at radius 2 is 2.12 bits per heavy atom. The van der Waals surface area contributed by atoms with Crippen LogP contribution in [0.4, 0.5) is 0 Å². The van der Waals surface area contributed by atoms with Crippen LogP contribution in [0.3, 0.4) is 0 Å². The predicted octanol–water partition coefficient (Wildman–Crippen LogP) is 2.62. The van der Waals surface area contributed by atoms with Crippen molar-refractivity contribution in [3.63, 3.8) is 0 Å². The first-order valence-corrected chi connectivity index (χ1v) is 7.07. The molecule has 0 atom stereocenters. The van der Waals surface area contributed by atoms with Crippen molar-refractivity contribution in [3.05, 3.63) is 21.9 Å². The molecular formula is C13H22N2S. The number of rotatable bonds is 4. The molecule has 16 heavy (non-hydrogen) atoms. The van der Waals surface area contributed by atoms with Gasteiger partial charge in [-0.25, -0.2) is 0 Å². The number of thiophene rings is 1. The number of aryl methyl sites for hydroxylation is 1. The first-order valence-electron chi connectivity index (χ1n) is 6.25. The molecule has 0 aliphatic carbocycles. The van der Waals surface area contributed by atoms with Crippen LogP contribution in [-0.2, 0) is 6.54 Å². The van der Waals surface area contributed by atoms with Gasteiger partial charge in [-0.15, -0.1) is 11.3 Å². The number of likely N-dealkylation sites (tertiary alicyclic amines) is 1. The minimum atomic E-state index is 0.856. The first kappa shape index (κ1) is 12.1. The van der Waals surface area contributed by atoms with Crippen molar-refractivity contribution in [1.29, 1.82) is 0 Å². The fraction of sp³-hybridized carbons (Fsp3) is 0.692. The zero-order chi connectivity index (χ0) is 11.4. The highest BCUT2D eigenvalue weighted by Gasteiger charge is 2.18. The van der Waals surface area contributed by atoms with Gasteiger partial charge in [0, 0.05) is 16.3 Å². The van der Waals surface area contributed by atoms with Crippen molar-refractivity contribution < 1.29 is 0 Å². The van der Waals surface area contributed by atoms with Crippen LogP contribution in [0.25, 0.3) is 0 Å². The molecule has 0 bridgehead atoms. The molecule has 2 rings (SSSR count). The van der Waals surface area contributed by atoms with Gasteiger partial charge in [0.05, 0.1) is 0 Å². The monoisotopic (exact) mass is 238 g/mol. The molecule has 0 unspecified atom stereocenters. The van der Waals surface area contributed by atoms with Crippen molar-refractivity contribution in [1.82, 2.24) is 4.90 Å². The molecule has 0 aromatic carbocycles. The van der Waals surface area contributed by atoms with Crippen molar-refractivity contribution in [2.45, 2.75) is 32.7 Å². The lowest BCUT2D eigenvalue weighted by Crippen LogP contribution is -2.33. The molecule has 0 amide bonds. The van der Waals surface area contributed by atoms with Crippen molar-refractivity contribution in [2.24, 2.45) is 11.7 Å². The number of hydrogen-bond acceptors (Lipinski definition) is 3. The summed E-state index contributed by atoms with van der Waals surface area (Å²) in [5.41, 5.74) is 5.61. The Hall–Kier alpha value is -0.380. The Kier molecular flexibility index (Phi) is 4.38. The summed E-state index contributed by atoms with van der Waals surface area (Å²) in [6, 6.07) is 4.49. The van der Waals surface area contributed by atoms with Gasteiger partial charge in [0.2, 0.25) is 0 Å². The van der Waals surface area contributed by atoms with E-state index < -0.39 is 0 Å². The highest BCUT2D eigenvalue weighted by atomic mass is 32.1. The minimum absolute atomic E-state index is 0.856.